The number of hydrogen-bond acceptors (Lipinski definition) is 2. The fraction of sp³-hybridized carbons (Fsp3) is 0.750. The molecule has 0 bridgehead atoms. The molecule has 2 amide bonds. The van der Waals surface area contributed by atoms with Gasteiger partial charge in [-0.15, -0.1) is 0 Å². The third-order valence-corrected chi connectivity index (χ3v) is 3.04. The molecule has 1 N–H and O–H groups in total. The van der Waals surface area contributed by atoms with Gasteiger partial charge in [-0.1, -0.05) is 0 Å². The monoisotopic (exact) mass is 238 g/mol. The summed E-state index contributed by atoms with van der Waals surface area (Å²) in [5.74, 6) is -1.87. The van der Waals surface area contributed by atoms with Crippen LogP contribution in [0, 0.1) is 0 Å². The lowest BCUT2D eigenvalue weighted by molar-refractivity contribution is -0.188. The molecule has 8 heteroatoms. The Labute approximate surface area is 88.4 Å². The maximum Gasteiger partial charge on any atom is 0.471 e. The van der Waals surface area contributed by atoms with Crippen molar-refractivity contribution in [3.63, 3.8) is 0 Å². The van der Waals surface area contributed by atoms with Gasteiger partial charge in [0.15, 0.2) is 0 Å². The number of rotatable bonds is 0. The number of halogens is 3. The largest absolute Gasteiger partial charge is 0.471 e. The van der Waals surface area contributed by atoms with E-state index in [1.54, 1.807) is 0 Å². The van der Waals surface area contributed by atoms with Crippen molar-refractivity contribution in [3.8, 4) is 0 Å². The smallest absolute Gasteiger partial charge is 0.465 e. The number of nitrogens with zero attached hydrogens (tertiary/aromatic N) is 2. The number of hydrogen-bond donors (Lipinski definition) is 1. The molecule has 2 aliphatic rings. The number of carboxylic acid groups (broad SMARTS) is 1. The first kappa shape index (κ1) is 11.0. The molecule has 16 heavy (non-hydrogen) atoms. The predicted molar refractivity (Wildman–Crippen MR) is 44.7 cm³/mol. The van der Waals surface area contributed by atoms with Crippen molar-refractivity contribution in [2.24, 2.45) is 0 Å². The average Bonchev–Trinajstić information content (AvgIpc) is 2.39. The van der Waals surface area contributed by atoms with E-state index >= 15 is 0 Å². The summed E-state index contributed by atoms with van der Waals surface area (Å²) in [7, 11) is 0. The predicted octanol–water partition coefficient (Wildman–Crippen LogP) is 0.512. The van der Waals surface area contributed by atoms with Crippen LogP contribution in [0.4, 0.5) is 18.0 Å². The molecule has 2 fully saturated rings. The van der Waals surface area contributed by atoms with Gasteiger partial charge in [-0.05, 0) is 6.42 Å². The summed E-state index contributed by atoms with van der Waals surface area (Å²) in [5.41, 5.74) is 0. The van der Waals surface area contributed by atoms with Crippen molar-refractivity contribution in [2.75, 3.05) is 13.1 Å². The lowest BCUT2D eigenvalue weighted by atomic mass is 9.98. The summed E-state index contributed by atoms with van der Waals surface area (Å²) in [6.45, 7) is -0.0563. The van der Waals surface area contributed by atoms with Crippen molar-refractivity contribution in [3.05, 3.63) is 0 Å². The highest BCUT2D eigenvalue weighted by Crippen LogP contribution is 2.35. The van der Waals surface area contributed by atoms with Crippen LogP contribution < -0.4 is 0 Å². The van der Waals surface area contributed by atoms with Gasteiger partial charge < -0.3 is 14.9 Å². The Morgan fingerprint density at radius 1 is 1.19 bits per heavy atom. The quantitative estimate of drug-likeness (QED) is 0.669. The van der Waals surface area contributed by atoms with E-state index < -0.39 is 30.3 Å². The Morgan fingerprint density at radius 3 is 2.31 bits per heavy atom. The summed E-state index contributed by atoms with van der Waals surface area (Å²) < 4.78 is 36.5. The number of likely N-dealkylation sites (tertiary alicyclic amines) is 2. The van der Waals surface area contributed by atoms with Crippen molar-refractivity contribution in [2.45, 2.75) is 24.7 Å². The molecule has 2 saturated heterocycles. The minimum absolute atomic E-state index is 0.0260. The Bertz CT molecular complexity index is 344. The van der Waals surface area contributed by atoms with Gasteiger partial charge >= 0.3 is 18.2 Å². The van der Waals surface area contributed by atoms with Crippen molar-refractivity contribution in [1.82, 2.24) is 9.80 Å². The summed E-state index contributed by atoms with van der Waals surface area (Å²) in [6.07, 6.45) is -5.75. The SMILES string of the molecule is O=C(O)N1C[C@H]2[C@@H]1CCN2C(=O)C(F)(F)F. The molecule has 90 valence electrons. The maximum absolute atomic E-state index is 12.2. The van der Waals surface area contributed by atoms with Crippen LogP contribution >= 0.6 is 0 Å². The zero-order valence-corrected chi connectivity index (χ0v) is 8.07. The van der Waals surface area contributed by atoms with Gasteiger partial charge in [-0.3, -0.25) is 4.79 Å². The minimum Gasteiger partial charge on any atom is -0.465 e. The third-order valence-electron chi connectivity index (χ3n) is 3.04. The second-order valence-electron chi connectivity index (χ2n) is 3.85. The molecule has 2 aliphatic heterocycles. The van der Waals surface area contributed by atoms with E-state index in [4.69, 9.17) is 5.11 Å². The molecule has 0 unspecified atom stereocenters. The number of fused-ring (bicyclic) bond motifs is 1. The number of alkyl halides is 3. The van der Waals surface area contributed by atoms with Gasteiger partial charge in [-0.2, -0.15) is 13.2 Å². The molecular weight excluding hydrogens is 229 g/mol. The lowest BCUT2D eigenvalue weighted by Gasteiger charge is -2.44. The number of carbonyl (C=O) groups is 2. The maximum atomic E-state index is 12.2. The van der Waals surface area contributed by atoms with Crippen LogP contribution in [-0.2, 0) is 4.79 Å². The fourth-order valence-corrected chi connectivity index (χ4v) is 2.25. The van der Waals surface area contributed by atoms with E-state index in [0.29, 0.717) is 0 Å². The fourth-order valence-electron chi connectivity index (χ4n) is 2.25. The van der Waals surface area contributed by atoms with Crippen LogP contribution in [0.2, 0.25) is 0 Å². The molecule has 0 aliphatic carbocycles. The van der Waals surface area contributed by atoms with Gasteiger partial charge in [0.2, 0.25) is 0 Å². The zero-order chi connectivity index (χ0) is 12.1. The summed E-state index contributed by atoms with van der Waals surface area (Å²) in [4.78, 5) is 23.4. The third kappa shape index (κ3) is 1.48. The molecule has 0 aromatic carbocycles. The molecule has 2 atom stereocenters. The molecule has 0 spiro atoms. The highest BCUT2D eigenvalue weighted by Gasteiger charge is 2.55. The van der Waals surface area contributed by atoms with Gasteiger partial charge in [0.05, 0.1) is 12.1 Å². The lowest BCUT2D eigenvalue weighted by Crippen LogP contribution is -2.65. The zero-order valence-electron chi connectivity index (χ0n) is 8.07. The van der Waals surface area contributed by atoms with Crippen LogP contribution in [0.5, 0.6) is 0 Å². The van der Waals surface area contributed by atoms with E-state index in [1.165, 1.54) is 0 Å². The molecule has 2 heterocycles. The minimum atomic E-state index is -4.88. The Morgan fingerprint density at radius 2 is 1.81 bits per heavy atom. The molecule has 0 saturated carbocycles. The first-order valence-corrected chi connectivity index (χ1v) is 4.69. The molecular formula is C8H9F3N2O3. The topological polar surface area (TPSA) is 60.9 Å². The van der Waals surface area contributed by atoms with Crippen molar-refractivity contribution >= 4 is 12.0 Å². The average molecular weight is 238 g/mol. The normalized spacial score (nSPS) is 28.7. The van der Waals surface area contributed by atoms with Crippen molar-refractivity contribution in [1.29, 1.82) is 0 Å². The summed E-state index contributed by atoms with van der Waals surface area (Å²) >= 11 is 0. The Balaban J connectivity index is 2.04. The van der Waals surface area contributed by atoms with Gasteiger partial charge in [0.1, 0.15) is 0 Å². The van der Waals surface area contributed by atoms with Crippen LogP contribution in [0.15, 0.2) is 0 Å². The standard InChI is InChI=1S/C8H9F3N2O3/c9-8(10,11)6(14)12-2-1-4-5(12)3-13(4)7(15)16/h4-5H,1-3H2,(H,15,16)/t4-,5-/m0/s1. The number of amides is 2. The van der Waals surface area contributed by atoms with E-state index in [0.717, 1.165) is 9.80 Å². The van der Waals surface area contributed by atoms with Crippen LogP contribution in [0.3, 0.4) is 0 Å². The van der Waals surface area contributed by atoms with Crippen LogP contribution in [0.25, 0.3) is 0 Å². The van der Waals surface area contributed by atoms with Gasteiger partial charge in [0, 0.05) is 13.1 Å². The Kier molecular flexibility index (Phi) is 2.25. The first-order valence-electron chi connectivity index (χ1n) is 4.69. The molecule has 0 radical (unpaired) electrons. The van der Waals surface area contributed by atoms with Gasteiger partial charge in [-0.25, -0.2) is 4.79 Å². The number of carbonyl (C=O) groups excluding carboxylic acids is 1. The molecule has 0 aromatic heterocycles. The van der Waals surface area contributed by atoms with Gasteiger partial charge in [0.25, 0.3) is 0 Å². The van der Waals surface area contributed by atoms with E-state index in [1.807, 2.05) is 0 Å². The second kappa shape index (κ2) is 3.26. The Hall–Kier alpha value is -1.47. The first-order chi connectivity index (χ1) is 7.32. The second-order valence-corrected chi connectivity index (χ2v) is 3.85. The molecule has 5 nitrogen and oxygen atoms in total. The highest BCUT2D eigenvalue weighted by molar-refractivity contribution is 5.83. The van der Waals surface area contributed by atoms with Crippen LogP contribution in [0.1, 0.15) is 6.42 Å². The van der Waals surface area contributed by atoms with E-state index in [-0.39, 0.29) is 19.5 Å². The van der Waals surface area contributed by atoms with Crippen LogP contribution in [-0.4, -0.2) is 58.3 Å². The molecule has 0 aromatic rings. The van der Waals surface area contributed by atoms with E-state index in [9.17, 15) is 22.8 Å². The summed E-state index contributed by atoms with van der Waals surface area (Å²) in [5, 5.41) is 8.67. The van der Waals surface area contributed by atoms with E-state index in [2.05, 4.69) is 0 Å². The van der Waals surface area contributed by atoms with Crippen molar-refractivity contribution < 1.29 is 27.9 Å². The summed E-state index contributed by atoms with van der Waals surface area (Å²) in [6, 6.07) is -1.07. The molecule has 2 rings (SSSR count). The highest BCUT2D eigenvalue weighted by atomic mass is 19.4.